The maximum atomic E-state index is 13.5. The van der Waals surface area contributed by atoms with Crippen molar-refractivity contribution in [2.45, 2.75) is 57.0 Å². The van der Waals surface area contributed by atoms with Gasteiger partial charge in [-0.05, 0) is 50.1 Å². The van der Waals surface area contributed by atoms with E-state index in [-0.39, 0.29) is 35.8 Å². The van der Waals surface area contributed by atoms with Gasteiger partial charge < -0.3 is 40.0 Å². The third-order valence-electron chi connectivity index (χ3n) is 7.27. The molecule has 12 nitrogen and oxygen atoms in total. The molecule has 2 heterocycles. The monoisotopic (exact) mass is 627 g/mol. The molecule has 2 saturated heterocycles. The number of rotatable bonds is 10. The summed E-state index contributed by atoms with van der Waals surface area (Å²) in [6.07, 6.45) is 0.621. The Labute approximate surface area is 259 Å². The Hall–Kier alpha value is -4.23. The van der Waals surface area contributed by atoms with Gasteiger partial charge >= 0.3 is 12.1 Å². The number of benzene rings is 2. The molecule has 4 rings (SSSR count). The van der Waals surface area contributed by atoms with Gasteiger partial charge in [-0.25, -0.2) is 4.79 Å². The summed E-state index contributed by atoms with van der Waals surface area (Å²) in [4.78, 5) is 54.0. The van der Waals surface area contributed by atoms with Gasteiger partial charge in [-0.3, -0.25) is 14.4 Å². The molecule has 0 spiro atoms. The first-order valence-electron chi connectivity index (χ1n) is 13.9. The highest BCUT2D eigenvalue weighted by atomic mass is 32.2. The smallest absolute Gasteiger partial charge is 0.408 e. The minimum atomic E-state index is -1.32. The van der Waals surface area contributed by atoms with Crippen LogP contribution in [0.2, 0.25) is 0 Å². The number of aromatic hydroxyl groups is 1. The van der Waals surface area contributed by atoms with Crippen molar-refractivity contribution in [2.75, 3.05) is 19.4 Å². The van der Waals surface area contributed by atoms with Crippen molar-refractivity contribution >= 4 is 35.6 Å². The number of hydrogen-bond donors (Lipinski definition) is 4. The number of carbonyl (C=O) groups excluding carboxylic acids is 4. The van der Waals surface area contributed by atoms with Crippen LogP contribution in [0.1, 0.15) is 43.5 Å². The number of carbonyl (C=O) groups is 4. The number of methoxy groups -OCH3 is 1. The third-order valence-corrected chi connectivity index (χ3v) is 8.82. The predicted octanol–water partition coefficient (Wildman–Crippen LogP) is 2.77. The number of alkyl carbamates (subject to hydrolysis) is 1. The quantitative estimate of drug-likeness (QED) is 0.175. The lowest BCUT2D eigenvalue weighted by Crippen LogP contribution is -2.74. The second-order valence-electron chi connectivity index (χ2n) is 11.6. The van der Waals surface area contributed by atoms with Crippen molar-refractivity contribution in [3.05, 3.63) is 71.8 Å². The molecule has 236 valence electrons. The van der Waals surface area contributed by atoms with E-state index in [1.807, 2.05) is 0 Å². The summed E-state index contributed by atoms with van der Waals surface area (Å²) in [6, 6.07) is 9.04. The van der Waals surface area contributed by atoms with Gasteiger partial charge in [0, 0.05) is 17.9 Å². The lowest BCUT2D eigenvalue weighted by atomic mass is 9.87. The van der Waals surface area contributed by atoms with Crippen molar-refractivity contribution in [1.82, 2.24) is 15.5 Å². The van der Waals surface area contributed by atoms with Crippen LogP contribution in [0.15, 0.2) is 55.1 Å². The molecule has 0 saturated carbocycles. The fourth-order valence-corrected chi connectivity index (χ4v) is 6.33. The van der Waals surface area contributed by atoms with E-state index in [0.29, 0.717) is 5.75 Å². The Balaban J connectivity index is 1.43. The van der Waals surface area contributed by atoms with Crippen LogP contribution in [-0.4, -0.2) is 75.4 Å². The fraction of sp³-hybridized carbons (Fsp3) is 0.419. The number of aliphatic hydroxyl groups is 1. The summed E-state index contributed by atoms with van der Waals surface area (Å²) < 4.78 is 16.0. The number of nitrogens with one attached hydrogen (secondary N) is 2. The maximum absolute atomic E-state index is 13.5. The summed E-state index contributed by atoms with van der Waals surface area (Å²) >= 11 is 1.31. The van der Waals surface area contributed by atoms with Crippen LogP contribution >= 0.6 is 11.8 Å². The number of thioether (sulfide) groups is 1. The van der Waals surface area contributed by atoms with Crippen LogP contribution in [-0.2, 0) is 37.1 Å². The van der Waals surface area contributed by atoms with E-state index in [1.165, 1.54) is 40.9 Å². The topological polar surface area (TPSA) is 164 Å². The molecule has 4 atom stereocenters. The van der Waals surface area contributed by atoms with Crippen molar-refractivity contribution in [1.29, 1.82) is 0 Å². The van der Waals surface area contributed by atoms with Gasteiger partial charge in [0.25, 0.3) is 0 Å². The van der Waals surface area contributed by atoms with Crippen LogP contribution in [0.25, 0.3) is 0 Å². The summed E-state index contributed by atoms with van der Waals surface area (Å²) in [6.45, 7) is 8.50. The second kappa shape index (κ2) is 13.2. The summed E-state index contributed by atoms with van der Waals surface area (Å²) in [7, 11) is 1.56. The summed E-state index contributed by atoms with van der Waals surface area (Å²) in [5, 5.41) is 24.4. The fourth-order valence-electron chi connectivity index (χ4n) is 4.80. The highest BCUT2D eigenvalue weighted by Gasteiger charge is 2.57. The molecule has 3 amide bonds. The number of hydrogen-bond acceptors (Lipinski definition) is 10. The number of fused-ring (bicyclic) bond motifs is 1. The Morgan fingerprint density at radius 2 is 1.91 bits per heavy atom. The van der Waals surface area contributed by atoms with Gasteiger partial charge in [-0.1, -0.05) is 30.3 Å². The lowest BCUT2D eigenvalue weighted by molar-refractivity contribution is -0.160. The Morgan fingerprint density at radius 1 is 1.20 bits per heavy atom. The standard InChI is InChI=1S/C31H37N3O9S/c1-6-31(28(39)42-15-18-7-11-21(41-5)12-8-18)16-34-26(38)24(27(34)44-17-31)32-25(37)23(33-29(40)43-30(2,3)4)19-9-10-20(14-35)22(36)13-19/h6-13,23-24,27,35-36H,1,14-17H2,2-5H3,(H,32,37)(H,33,40)/t23?,24?,27-,31?/m1/s1. The molecule has 2 fully saturated rings. The molecule has 3 unspecified atom stereocenters. The Kier molecular flexibility index (Phi) is 9.79. The second-order valence-corrected chi connectivity index (χ2v) is 12.7. The average molecular weight is 628 g/mol. The van der Waals surface area contributed by atoms with E-state index in [1.54, 1.807) is 52.1 Å². The number of aliphatic hydroxyl groups excluding tert-OH is 1. The van der Waals surface area contributed by atoms with Crippen molar-refractivity contribution < 1.29 is 43.6 Å². The van der Waals surface area contributed by atoms with Crippen LogP contribution < -0.4 is 15.4 Å². The Bertz CT molecular complexity index is 1430. The van der Waals surface area contributed by atoms with Gasteiger partial charge in [-0.15, -0.1) is 18.3 Å². The normalized spacial score (nSPS) is 21.7. The number of ether oxygens (including phenoxy) is 3. The molecule has 4 N–H and O–H groups in total. The minimum Gasteiger partial charge on any atom is -0.508 e. The van der Waals surface area contributed by atoms with Crippen LogP contribution in [0, 0.1) is 5.41 Å². The summed E-state index contributed by atoms with van der Waals surface area (Å²) in [5.41, 5.74) is -0.748. The molecule has 0 bridgehead atoms. The molecule has 0 radical (unpaired) electrons. The first-order chi connectivity index (χ1) is 20.8. The maximum Gasteiger partial charge on any atom is 0.408 e. The van der Waals surface area contributed by atoms with E-state index < -0.39 is 59.0 Å². The van der Waals surface area contributed by atoms with Crippen LogP contribution in [0.3, 0.4) is 0 Å². The molecule has 2 aliphatic heterocycles. The SMILES string of the molecule is C=CC1(C(=O)OCc2ccc(OC)cc2)CS[C@@H]2C(NC(=O)C(NC(=O)OC(C)(C)C)c3ccc(CO)c(O)c3)C(=O)N2C1. The number of amides is 3. The van der Waals surface area contributed by atoms with Gasteiger partial charge in [0.2, 0.25) is 11.8 Å². The van der Waals surface area contributed by atoms with E-state index in [2.05, 4.69) is 17.2 Å². The molecule has 13 heteroatoms. The molecule has 0 aromatic heterocycles. The largest absolute Gasteiger partial charge is 0.508 e. The molecular formula is C31H37N3O9S. The van der Waals surface area contributed by atoms with Crippen LogP contribution in [0.5, 0.6) is 11.5 Å². The third kappa shape index (κ3) is 7.11. The number of β-lactam (4-membered cyclic amide) rings is 1. The molecular weight excluding hydrogens is 590 g/mol. The Morgan fingerprint density at radius 3 is 2.50 bits per heavy atom. The zero-order valence-corrected chi connectivity index (χ0v) is 25.8. The predicted molar refractivity (Wildman–Crippen MR) is 161 cm³/mol. The minimum absolute atomic E-state index is 0.0386. The van der Waals surface area contributed by atoms with Crippen molar-refractivity contribution in [3.63, 3.8) is 0 Å². The van der Waals surface area contributed by atoms with E-state index >= 15 is 0 Å². The summed E-state index contributed by atoms with van der Waals surface area (Å²) in [5.74, 6) is -0.928. The van der Waals surface area contributed by atoms with E-state index in [0.717, 1.165) is 5.56 Å². The number of esters is 1. The number of nitrogens with zero attached hydrogens (tertiary/aromatic N) is 1. The van der Waals surface area contributed by atoms with Crippen LogP contribution in [0.4, 0.5) is 4.79 Å². The molecule has 2 aromatic carbocycles. The molecule has 2 aliphatic rings. The first-order valence-corrected chi connectivity index (χ1v) is 14.9. The zero-order valence-electron chi connectivity index (χ0n) is 25.0. The van der Waals surface area contributed by atoms with E-state index in [4.69, 9.17) is 14.2 Å². The van der Waals surface area contributed by atoms with E-state index in [9.17, 15) is 29.4 Å². The van der Waals surface area contributed by atoms with Crippen molar-refractivity contribution in [2.24, 2.45) is 5.41 Å². The first kappa shape index (κ1) is 32.7. The van der Waals surface area contributed by atoms with Gasteiger partial charge in [0.15, 0.2) is 0 Å². The van der Waals surface area contributed by atoms with Gasteiger partial charge in [0.1, 0.15) is 46.6 Å². The van der Waals surface area contributed by atoms with Gasteiger partial charge in [-0.2, -0.15) is 0 Å². The zero-order chi connectivity index (χ0) is 32.2. The molecule has 2 aromatic rings. The van der Waals surface area contributed by atoms with Gasteiger partial charge in [0.05, 0.1) is 13.7 Å². The van der Waals surface area contributed by atoms with Crippen molar-refractivity contribution in [3.8, 4) is 11.5 Å². The highest BCUT2D eigenvalue weighted by molar-refractivity contribution is 8.00. The molecule has 0 aliphatic carbocycles. The lowest BCUT2D eigenvalue weighted by Gasteiger charge is -2.53. The highest BCUT2D eigenvalue weighted by Crippen LogP contribution is 2.43. The molecule has 44 heavy (non-hydrogen) atoms. The average Bonchev–Trinajstić information content (AvgIpc) is 3.00. The number of phenols is 1.